The first-order valence-electron chi connectivity index (χ1n) is 1.47. The third-order valence-electron chi connectivity index (χ3n) is 0.0781. The SMILES string of the molecule is O=C(O)OO.O=[Si](O)O.[H-].[Na+]. The van der Waals surface area contributed by atoms with E-state index >= 15 is 0 Å². The molecule has 0 bridgehead atoms. The van der Waals surface area contributed by atoms with Gasteiger partial charge in [0.1, 0.15) is 0 Å². The van der Waals surface area contributed by atoms with Crippen LogP contribution in [0, 0.1) is 0 Å². The van der Waals surface area contributed by atoms with Gasteiger partial charge >= 0.3 is 44.9 Å². The van der Waals surface area contributed by atoms with Crippen molar-refractivity contribution in [2.24, 2.45) is 0 Å². The fraction of sp³-hybridized carbons (Fsp3) is 0. The molecule has 0 rings (SSSR count). The molecule has 0 fully saturated rings. The van der Waals surface area contributed by atoms with Gasteiger partial charge in [-0.3, -0.25) is 9.35 Å². The molecule has 10 heavy (non-hydrogen) atoms. The summed E-state index contributed by atoms with van der Waals surface area (Å²) < 4.78 is 8.74. The van der Waals surface area contributed by atoms with Gasteiger partial charge < -0.3 is 16.1 Å². The van der Waals surface area contributed by atoms with Crippen molar-refractivity contribution >= 4 is 15.3 Å². The van der Waals surface area contributed by atoms with Crippen LogP contribution < -0.4 is 29.6 Å². The van der Waals surface area contributed by atoms with Crippen molar-refractivity contribution in [1.82, 2.24) is 0 Å². The van der Waals surface area contributed by atoms with Crippen LogP contribution >= 0.6 is 0 Å². The van der Waals surface area contributed by atoms with Gasteiger partial charge in [-0.15, -0.1) is 0 Å². The Labute approximate surface area is 80.5 Å². The number of carbonyl (C=O) groups is 1. The number of hydrogen-bond acceptors (Lipinski definition) is 4. The van der Waals surface area contributed by atoms with E-state index in [0.717, 1.165) is 0 Å². The molecule has 0 atom stereocenters. The first-order chi connectivity index (χ1) is 4.00. The zero-order valence-corrected chi connectivity index (χ0v) is 8.01. The molecule has 4 N–H and O–H groups in total. The second-order valence-electron chi connectivity index (χ2n) is 0.640. The number of rotatable bonds is 0. The second-order valence-corrected chi connectivity index (χ2v) is 1.20. The fourth-order valence-electron chi connectivity index (χ4n) is 0. The first-order valence-corrected chi connectivity index (χ1v) is 2.77. The van der Waals surface area contributed by atoms with Gasteiger partial charge in [0.15, 0.2) is 0 Å². The normalized spacial score (nSPS) is 5.70. The second kappa shape index (κ2) is 11.6. The van der Waals surface area contributed by atoms with Gasteiger partial charge in [0, 0.05) is 0 Å². The van der Waals surface area contributed by atoms with Crippen molar-refractivity contribution in [3.05, 3.63) is 0 Å². The van der Waals surface area contributed by atoms with Crippen LogP contribution in [0.1, 0.15) is 1.43 Å². The molecule has 0 aromatic carbocycles. The molecule has 0 amide bonds. The molecule has 0 aliphatic rings. The van der Waals surface area contributed by atoms with Crippen molar-refractivity contribution in [3.8, 4) is 0 Å². The predicted molar refractivity (Wildman–Crippen MR) is 23.7 cm³/mol. The molecule has 0 heterocycles. The molecule has 0 spiro atoms. The Morgan fingerprint density at radius 3 is 1.60 bits per heavy atom. The van der Waals surface area contributed by atoms with E-state index in [2.05, 4.69) is 4.89 Å². The smallest absolute Gasteiger partial charge is 1.00 e. The Kier molecular flexibility index (Phi) is 19.1. The van der Waals surface area contributed by atoms with E-state index in [9.17, 15) is 0 Å². The van der Waals surface area contributed by atoms with Crippen molar-refractivity contribution in [2.45, 2.75) is 0 Å². The molecule has 0 saturated carbocycles. The van der Waals surface area contributed by atoms with E-state index < -0.39 is 15.3 Å². The molecule has 56 valence electrons. The van der Waals surface area contributed by atoms with Gasteiger partial charge in [-0.1, -0.05) is 0 Å². The van der Waals surface area contributed by atoms with Gasteiger partial charge in [-0.05, 0) is 0 Å². The predicted octanol–water partition coefficient (Wildman–Crippen LogP) is -4.34. The van der Waals surface area contributed by atoms with Crippen LogP contribution in [0.3, 0.4) is 0 Å². The van der Waals surface area contributed by atoms with Crippen LogP contribution in [-0.4, -0.2) is 35.3 Å². The largest absolute Gasteiger partial charge is 1.00 e. The summed E-state index contributed by atoms with van der Waals surface area (Å²) in [6.45, 7) is 0. The van der Waals surface area contributed by atoms with Crippen LogP contribution in [0.4, 0.5) is 4.79 Å². The molecule has 0 aliphatic heterocycles. The van der Waals surface area contributed by atoms with Crippen molar-refractivity contribution in [1.29, 1.82) is 0 Å². The van der Waals surface area contributed by atoms with E-state index in [1.54, 1.807) is 0 Å². The summed E-state index contributed by atoms with van der Waals surface area (Å²) in [6, 6.07) is 0. The van der Waals surface area contributed by atoms with Gasteiger partial charge in [0.05, 0.1) is 0 Å². The molecule has 0 aromatic rings. The van der Waals surface area contributed by atoms with Crippen LogP contribution in [-0.2, 0) is 9.35 Å². The van der Waals surface area contributed by atoms with Crippen LogP contribution in [0.2, 0.25) is 0 Å². The maximum Gasteiger partial charge on any atom is 1.00 e. The fourth-order valence-corrected chi connectivity index (χ4v) is 0. The van der Waals surface area contributed by atoms with E-state index in [-0.39, 0.29) is 31.0 Å². The van der Waals surface area contributed by atoms with Crippen LogP contribution in [0.25, 0.3) is 0 Å². The third kappa shape index (κ3) is 108. The third-order valence-corrected chi connectivity index (χ3v) is 0.0781. The summed E-state index contributed by atoms with van der Waals surface area (Å²) in [5.74, 6) is 0. The Morgan fingerprint density at radius 1 is 1.50 bits per heavy atom. The summed E-state index contributed by atoms with van der Waals surface area (Å²) in [6.07, 6.45) is -1.69. The Balaban J connectivity index is -0.0000000383. The molecule has 0 unspecified atom stereocenters. The average Bonchev–Trinajstić information content (AvgIpc) is 1.65. The minimum absolute atomic E-state index is 0. The molecular weight excluding hydrogens is 175 g/mol. The Morgan fingerprint density at radius 2 is 1.60 bits per heavy atom. The first kappa shape index (κ1) is 16.4. The van der Waals surface area contributed by atoms with Crippen molar-refractivity contribution < 1.29 is 65.1 Å². The topological polar surface area (TPSA) is 124 Å². The minimum atomic E-state index is -3.13. The average molecular weight is 180 g/mol. The zero-order chi connectivity index (χ0) is 7.86. The number of carboxylic acid groups (broad SMARTS) is 1. The Bertz CT molecular complexity index is 103. The molecule has 0 radical (unpaired) electrons. The summed E-state index contributed by atoms with van der Waals surface area (Å²) >= 11 is 0. The summed E-state index contributed by atoms with van der Waals surface area (Å²) in [7, 11) is -3.13. The summed E-state index contributed by atoms with van der Waals surface area (Å²) in [4.78, 5) is 25.9. The minimum Gasteiger partial charge on any atom is -1.00 e. The quantitative estimate of drug-likeness (QED) is 0.169. The van der Waals surface area contributed by atoms with E-state index in [4.69, 9.17) is 29.2 Å². The van der Waals surface area contributed by atoms with E-state index in [0.29, 0.717) is 0 Å². The molecule has 7 nitrogen and oxygen atoms in total. The van der Waals surface area contributed by atoms with Gasteiger partial charge in [0.25, 0.3) is 0 Å². The van der Waals surface area contributed by atoms with Crippen molar-refractivity contribution in [3.63, 3.8) is 0 Å². The molecule has 0 aliphatic carbocycles. The molecule has 0 aromatic heterocycles. The summed E-state index contributed by atoms with van der Waals surface area (Å²) in [5.41, 5.74) is 0. The number of hydrogen-bond donors (Lipinski definition) is 4. The maximum atomic E-state index is 8.90. The van der Waals surface area contributed by atoms with Crippen molar-refractivity contribution in [2.75, 3.05) is 0 Å². The van der Waals surface area contributed by atoms with E-state index in [1.165, 1.54) is 0 Å². The molecule has 9 heteroatoms. The monoisotopic (exact) mass is 180 g/mol. The van der Waals surface area contributed by atoms with Gasteiger partial charge in [-0.25, -0.2) is 4.79 Å². The van der Waals surface area contributed by atoms with Gasteiger partial charge in [-0.2, -0.15) is 5.26 Å². The van der Waals surface area contributed by atoms with Crippen LogP contribution in [0.15, 0.2) is 0 Å². The van der Waals surface area contributed by atoms with Crippen LogP contribution in [0.5, 0.6) is 0 Å². The summed E-state index contributed by atoms with van der Waals surface area (Å²) in [5, 5.41) is 14.3. The van der Waals surface area contributed by atoms with E-state index in [1.807, 2.05) is 0 Å². The molecule has 0 saturated heterocycles. The van der Waals surface area contributed by atoms with Gasteiger partial charge in [0.2, 0.25) is 0 Å². The zero-order valence-electron chi connectivity index (χ0n) is 6.01. The Hall–Kier alpha value is -0.153. The maximum absolute atomic E-state index is 8.90. The molecular formula is CH5NaO7Si. The standard InChI is InChI=1S/CH2O4.Na.H2O3Si.H/c2-1(3)5-4;;1-4(2)3;/h4H,(H,2,3);;1-2H;/q;+1;;-1.